The first-order chi connectivity index (χ1) is 17.1. The molecule has 2 amide bonds. The fourth-order valence-corrected chi connectivity index (χ4v) is 4.13. The van der Waals surface area contributed by atoms with E-state index >= 15 is 0 Å². The van der Waals surface area contributed by atoms with Crippen molar-refractivity contribution in [1.82, 2.24) is 24.8 Å². The molecule has 0 bridgehead atoms. The molecule has 192 valence electrons. The lowest BCUT2D eigenvalue weighted by molar-refractivity contribution is 0.0512. The van der Waals surface area contributed by atoms with Crippen molar-refractivity contribution in [3.63, 3.8) is 0 Å². The lowest BCUT2D eigenvalue weighted by Gasteiger charge is -2.23. The van der Waals surface area contributed by atoms with Crippen LogP contribution in [0.25, 0.3) is 5.52 Å². The van der Waals surface area contributed by atoms with Gasteiger partial charge < -0.3 is 25.3 Å². The van der Waals surface area contributed by atoms with Crippen LogP contribution in [0.2, 0.25) is 0 Å². The molecule has 1 aliphatic carbocycles. The van der Waals surface area contributed by atoms with Gasteiger partial charge in [-0.15, -0.1) is 0 Å². The number of benzene rings is 1. The zero-order valence-electron chi connectivity index (χ0n) is 20.3. The molecule has 0 spiro atoms. The number of hydrogen-bond acceptors (Lipinski definition) is 7. The van der Waals surface area contributed by atoms with Crippen molar-refractivity contribution >= 4 is 36.7 Å². The SMILES string of the molecule is CCCNC(=O)c1cn2ncnc(Nc3cc(C(=O)N(COP(=O)(O)O)C4CC4)ccc3C)c2c1C. The number of carbonyl (C=O) groups is 2. The van der Waals surface area contributed by atoms with Crippen LogP contribution in [0.5, 0.6) is 0 Å². The third kappa shape index (κ3) is 5.73. The van der Waals surface area contributed by atoms with Gasteiger partial charge >= 0.3 is 7.82 Å². The highest BCUT2D eigenvalue weighted by Crippen LogP contribution is 2.38. The van der Waals surface area contributed by atoms with Crippen molar-refractivity contribution in [3.8, 4) is 0 Å². The Morgan fingerprint density at radius 3 is 2.69 bits per heavy atom. The zero-order chi connectivity index (χ0) is 26.0. The minimum absolute atomic E-state index is 0.121. The zero-order valence-corrected chi connectivity index (χ0v) is 21.2. The summed E-state index contributed by atoms with van der Waals surface area (Å²) in [7, 11) is -4.72. The van der Waals surface area contributed by atoms with Crippen molar-refractivity contribution in [2.24, 2.45) is 0 Å². The van der Waals surface area contributed by atoms with Gasteiger partial charge in [0.05, 0.1) is 5.56 Å². The van der Waals surface area contributed by atoms with E-state index in [0.29, 0.717) is 40.3 Å². The first kappa shape index (κ1) is 25.8. The Kier molecular flexibility index (Phi) is 7.41. The van der Waals surface area contributed by atoms with Crippen LogP contribution in [0, 0.1) is 13.8 Å². The van der Waals surface area contributed by atoms with E-state index < -0.39 is 20.5 Å². The minimum atomic E-state index is -4.72. The molecule has 36 heavy (non-hydrogen) atoms. The van der Waals surface area contributed by atoms with Crippen LogP contribution in [0.1, 0.15) is 58.0 Å². The molecular weight excluding hydrogens is 487 g/mol. The van der Waals surface area contributed by atoms with E-state index in [4.69, 9.17) is 9.79 Å². The number of aromatic nitrogens is 3. The van der Waals surface area contributed by atoms with Gasteiger partial charge in [-0.2, -0.15) is 5.10 Å². The molecule has 0 aliphatic heterocycles. The molecule has 1 aromatic carbocycles. The Balaban J connectivity index is 1.62. The van der Waals surface area contributed by atoms with Crippen molar-refractivity contribution in [2.75, 3.05) is 18.6 Å². The molecule has 1 saturated carbocycles. The Labute approximate surface area is 207 Å². The van der Waals surface area contributed by atoms with E-state index in [-0.39, 0.29) is 11.9 Å². The summed E-state index contributed by atoms with van der Waals surface area (Å²) in [5.74, 6) is -0.114. The van der Waals surface area contributed by atoms with Crippen LogP contribution in [0.15, 0.2) is 30.7 Å². The van der Waals surface area contributed by atoms with Crippen molar-refractivity contribution in [2.45, 2.75) is 46.1 Å². The van der Waals surface area contributed by atoms with Crippen molar-refractivity contribution in [3.05, 3.63) is 53.0 Å². The highest BCUT2D eigenvalue weighted by molar-refractivity contribution is 7.46. The van der Waals surface area contributed by atoms with E-state index in [0.717, 1.165) is 24.8 Å². The number of fused-ring (bicyclic) bond motifs is 1. The molecule has 12 nitrogen and oxygen atoms in total. The summed E-state index contributed by atoms with van der Waals surface area (Å²) in [6.07, 6.45) is 5.34. The average Bonchev–Trinajstić information content (AvgIpc) is 3.60. The second-order valence-corrected chi connectivity index (χ2v) is 9.97. The molecule has 4 rings (SSSR count). The molecule has 1 aliphatic rings. The molecule has 3 aromatic rings. The molecule has 0 unspecified atom stereocenters. The van der Waals surface area contributed by atoms with Gasteiger partial charge in [-0.25, -0.2) is 14.1 Å². The summed E-state index contributed by atoms with van der Waals surface area (Å²) in [5.41, 5.74) is 3.64. The fraction of sp³-hybridized carbons (Fsp3) is 0.391. The summed E-state index contributed by atoms with van der Waals surface area (Å²) in [6, 6.07) is 4.97. The number of amides is 2. The number of anilines is 2. The maximum absolute atomic E-state index is 13.2. The average molecular weight is 516 g/mol. The van der Waals surface area contributed by atoms with Gasteiger partial charge in [0.25, 0.3) is 11.8 Å². The van der Waals surface area contributed by atoms with Gasteiger partial charge in [-0.3, -0.25) is 14.1 Å². The summed E-state index contributed by atoms with van der Waals surface area (Å²) < 4.78 is 17.3. The second-order valence-electron chi connectivity index (χ2n) is 8.74. The van der Waals surface area contributed by atoms with Crippen molar-refractivity contribution < 1.29 is 28.5 Å². The lowest BCUT2D eigenvalue weighted by atomic mass is 10.1. The van der Waals surface area contributed by atoms with Gasteiger partial charge in [0, 0.05) is 30.0 Å². The number of aryl methyl sites for hydroxylation is 2. The van der Waals surface area contributed by atoms with Gasteiger partial charge in [-0.1, -0.05) is 13.0 Å². The predicted octanol–water partition coefficient (Wildman–Crippen LogP) is 2.90. The minimum Gasteiger partial charge on any atom is -0.352 e. The first-order valence-corrected chi connectivity index (χ1v) is 13.1. The van der Waals surface area contributed by atoms with E-state index in [1.807, 2.05) is 20.8 Å². The third-order valence-electron chi connectivity index (χ3n) is 5.96. The molecule has 2 aromatic heterocycles. The van der Waals surface area contributed by atoms with E-state index in [9.17, 15) is 14.2 Å². The summed E-state index contributed by atoms with van der Waals surface area (Å²) in [4.78, 5) is 49.6. The molecule has 0 atom stereocenters. The van der Waals surface area contributed by atoms with Crippen molar-refractivity contribution in [1.29, 1.82) is 0 Å². The highest BCUT2D eigenvalue weighted by atomic mass is 31.2. The van der Waals surface area contributed by atoms with Crippen LogP contribution in [0.3, 0.4) is 0 Å². The topological polar surface area (TPSA) is 158 Å². The lowest BCUT2D eigenvalue weighted by Crippen LogP contribution is -2.34. The van der Waals surface area contributed by atoms with Crippen LogP contribution < -0.4 is 10.6 Å². The maximum Gasteiger partial charge on any atom is 0.471 e. The van der Waals surface area contributed by atoms with Gasteiger partial charge in [0.1, 0.15) is 18.6 Å². The highest BCUT2D eigenvalue weighted by Gasteiger charge is 2.35. The second kappa shape index (κ2) is 10.4. The Morgan fingerprint density at radius 2 is 2.03 bits per heavy atom. The van der Waals surface area contributed by atoms with Crippen LogP contribution in [0.4, 0.5) is 11.5 Å². The molecule has 13 heteroatoms. The predicted molar refractivity (Wildman–Crippen MR) is 132 cm³/mol. The monoisotopic (exact) mass is 516 g/mol. The summed E-state index contributed by atoms with van der Waals surface area (Å²) in [6.45, 7) is 5.75. The van der Waals surface area contributed by atoms with Crippen LogP contribution in [-0.4, -0.2) is 60.4 Å². The van der Waals surface area contributed by atoms with E-state index in [1.165, 1.54) is 11.2 Å². The third-order valence-corrected chi connectivity index (χ3v) is 6.41. The molecule has 0 saturated heterocycles. The van der Waals surface area contributed by atoms with Crippen LogP contribution >= 0.6 is 7.82 Å². The molecule has 1 fully saturated rings. The van der Waals surface area contributed by atoms with Crippen LogP contribution in [-0.2, 0) is 9.09 Å². The largest absolute Gasteiger partial charge is 0.471 e. The number of nitrogens with one attached hydrogen (secondary N) is 2. The number of hydrogen-bond donors (Lipinski definition) is 4. The first-order valence-electron chi connectivity index (χ1n) is 11.6. The fourth-order valence-electron chi connectivity index (χ4n) is 3.85. The maximum atomic E-state index is 13.2. The number of phosphoric ester groups is 1. The quantitative estimate of drug-likeness (QED) is 0.235. The standard InChI is InChI=1S/C23H29N6O6P/c1-4-9-24-22(30)18-11-29-20(15(18)3)21(25-12-26-29)27-19-10-16(6-5-14(19)2)23(31)28(17-7-8-17)13-35-36(32,33)34/h5-6,10-12,17H,4,7-9,13H2,1-3H3,(H,24,30)(H,25,26,27)(H2,32,33,34). The summed E-state index contributed by atoms with van der Waals surface area (Å²) >= 11 is 0. The number of phosphoric acid groups is 1. The summed E-state index contributed by atoms with van der Waals surface area (Å²) in [5, 5.41) is 10.4. The number of nitrogens with zero attached hydrogens (tertiary/aromatic N) is 4. The van der Waals surface area contributed by atoms with Gasteiger partial charge in [0.15, 0.2) is 5.82 Å². The molecular formula is C23H29N6O6P. The van der Waals surface area contributed by atoms with Gasteiger partial charge in [0.2, 0.25) is 0 Å². The van der Waals surface area contributed by atoms with E-state index in [1.54, 1.807) is 28.9 Å². The Hall–Kier alpha value is -3.31. The number of carbonyl (C=O) groups excluding carboxylic acids is 2. The molecule has 0 radical (unpaired) electrons. The Morgan fingerprint density at radius 1 is 1.28 bits per heavy atom. The Bertz CT molecular complexity index is 1350. The number of rotatable bonds is 10. The van der Waals surface area contributed by atoms with Gasteiger partial charge in [-0.05, 0) is 56.4 Å². The molecule has 4 N–H and O–H groups in total. The smallest absolute Gasteiger partial charge is 0.352 e. The molecule has 2 heterocycles. The normalized spacial score (nSPS) is 13.6. The van der Waals surface area contributed by atoms with E-state index in [2.05, 4.69) is 25.2 Å².